The van der Waals surface area contributed by atoms with Gasteiger partial charge in [-0.25, -0.2) is 10.2 Å². The summed E-state index contributed by atoms with van der Waals surface area (Å²) in [4.78, 5) is 28.2. The molecule has 3 heterocycles. The highest BCUT2D eigenvalue weighted by molar-refractivity contribution is 6.09. The van der Waals surface area contributed by atoms with Crippen molar-refractivity contribution in [3.8, 4) is 5.75 Å². The van der Waals surface area contributed by atoms with Gasteiger partial charge in [0.05, 0.1) is 11.2 Å². The van der Waals surface area contributed by atoms with Crippen LogP contribution in [0, 0.1) is 0 Å². The maximum absolute atomic E-state index is 12.4. The van der Waals surface area contributed by atoms with E-state index >= 15 is 0 Å². The van der Waals surface area contributed by atoms with Crippen molar-refractivity contribution in [2.75, 3.05) is 29.9 Å². The molecular formula is C21H29N5O4. The van der Waals surface area contributed by atoms with Crippen LogP contribution >= 0.6 is 0 Å². The van der Waals surface area contributed by atoms with E-state index in [1.165, 1.54) is 0 Å². The van der Waals surface area contributed by atoms with E-state index in [9.17, 15) is 9.59 Å². The van der Waals surface area contributed by atoms with E-state index in [-0.39, 0.29) is 23.6 Å². The zero-order valence-electron chi connectivity index (χ0n) is 18.1. The van der Waals surface area contributed by atoms with E-state index in [4.69, 9.17) is 9.47 Å². The molecule has 2 amide bonds. The summed E-state index contributed by atoms with van der Waals surface area (Å²) in [6.45, 7) is 11.0. The van der Waals surface area contributed by atoms with Gasteiger partial charge in [0.25, 0.3) is 5.91 Å². The molecule has 3 aliphatic rings. The SMILES string of the molecule is CC1C(=O)NN=C2COc3ccc(N[C@@]4(C)CCN(C(=O)OC(C)(C)C)C4)cc3N21. The number of hydrogen-bond acceptors (Lipinski definition) is 7. The third kappa shape index (κ3) is 3.88. The van der Waals surface area contributed by atoms with Crippen LogP contribution in [0.15, 0.2) is 23.3 Å². The number of amides is 2. The van der Waals surface area contributed by atoms with Gasteiger partial charge >= 0.3 is 6.09 Å². The number of ether oxygens (including phenoxy) is 2. The summed E-state index contributed by atoms with van der Waals surface area (Å²) in [5.41, 5.74) is 3.43. The Bertz CT molecular complexity index is 909. The van der Waals surface area contributed by atoms with Crippen molar-refractivity contribution in [3.63, 3.8) is 0 Å². The number of rotatable bonds is 2. The Labute approximate surface area is 176 Å². The van der Waals surface area contributed by atoms with Crippen molar-refractivity contribution < 1.29 is 19.1 Å². The lowest BCUT2D eigenvalue weighted by Gasteiger charge is -2.38. The van der Waals surface area contributed by atoms with E-state index in [0.29, 0.717) is 31.3 Å². The maximum atomic E-state index is 12.4. The summed E-state index contributed by atoms with van der Waals surface area (Å²) in [6, 6.07) is 5.45. The van der Waals surface area contributed by atoms with Gasteiger partial charge in [0.2, 0.25) is 0 Å². The third-order valence-corrected chi connectivity index (χ3v) is 5.49. The van der Waals surface area contributed by atoms with Gasteiger partial charge in [0, 0.05) is 18.8 Å². The van der Waals surface area contributed by atoms with Crippen LogP contribution in [0.3, 0.4) is 0 Å². The highest BCUT2D eigenvalue weighted by Crippen LogP contribution is 2.38. The van der Waals surface area contributed by atoms with Gasteiger partial charge in [-0.1, -0.05) is 0 Å². The Kier molecular flexibility index (Phi) is 4.79. The molecule has 1 unspecified atom stereocenters. The molecule has 1 aromatic carbocycles. The Morgan fingerprint density at radius 3 is 2.90 bits per heavy atom. The molecular weight excluding hydrogens is 386 g/mol. The zero-order chi connectivity index (χ0) is 21.7. The molecule has 2 atom stereocenters. The number of hydrazone groups is 1. The fourth-order valence-electron chi connectivity index (χ4n) is 4.00. The van der Waals surface area contributed by atoms with E-state index < -0.39 is 5.60 Å². The lowest BCUT2D eigenvalue weighted by atomic mass is 10.0. The van der Waals surface area contributed by atoms with Gasteiger partial charge in [-0.15, -0.1) is 0 Å². The largest absolute Gasteiger partial charge is 0.483 e. The minimum atomic E-state index is -0.515. The average molecular weight is 415 g/mol. The number of benzene rings is 1. The molecule has 1 aromatic rings. The van der Waals surface area contributed by atoms with Crippen molar-refractivity contribution in [2.45, 2.75) is 58.2 Å². The van der Waals surface area contributed by atoms with Crippen LogP contribution in [0.4, 0.5) is 16.2 Å². The number of hydrogen-bond donors (Lipinski definition) is 2. The molecule has 0 aliphatic carbocycles. The topological polar surface area (TPSA) is 95.5 Å². The molecule has 0 aromatic heterocycles. The third-order valence-electron chi connectivity index (χ3n) is 5.49. The van der Waals surface area contributed by atoms with Gasteiger partial charge in [-0.05, 0) is 59.2 Å². The Hall–Kier alpha value is -2.97. The Morgan fingerprint density at radius 2 is 2.17 bits per heavy atom. The zero-order valence-corrected chi connectivity index (χ0v) is 18.1. The monoisotopic (exact) mass is 415 g/mol. The Balaban J connectivity index is 1.51. The normalized spacial score (nSPS) is 25.6. The Morgan fingerprint density at radius 1 is 1.40 bits per heavy atom. The molecule has 0 radical (unpaired) electrons. The van der Waals surface area contributed by atoms with Crippen LogP contribution in [0.1, 0.15) is 41.0 Å². The van der Waals surface area contributed by atoms with Crippen molar-refractivity contribution >= 4 is 29.2 Å². The molecule has 1 fully saturated rings. The molecule has 4 rings (SSSR count). The van der Waals surface area contributed by atoms with E-state index in [2.05, 4.69) is 22.8 Å². The quantitative estimate of drug-likeness (QED) is 0.771. The van der Waals surface area contributed by atoms with Crippen molar-refractivity contribution in [3.05, 3.63) is 18.2 Å². The summed E-state index contributed by atoms with van der Waals surface area (Å²) in [5.74, 6) is 1.24. The number of nitrogens with one attached hydrogen (secondary N) is 2. The van der Waals surface area contributed by atoms with Gasteiger partial charge in [-0.2, -0.15) is 5.10 Å². The first kappa shape index (κ1) is 20.3. The summed E-state index contributed by atoms with van der Waals surface area (Å²) in [6.07, 6.45) is 0.510. The predicted octanol–water partition coefficient (Wildman–Crippen LogP) is 2.53. The van der Waals surface area contributed by atoms with Crippen LogP contribution in [0.25, 0.3) is 0 Å². The van der Waals surface area contributed by atoms with Crippen LogP contribution in [0.2, 0.25) is 0 Å². The first-order valence-electron chi connectivity index (χ1n) is 10.2. The lowest BCUT2D eigenvalue weighted by molar-refractivity contribution is -0.122. The molecule has 0 saturated carbocycles. The molecule has 9 nitrogen and oxygen atoms in total. The second kappa shape index (κ2) is 7.07. The van der Waals surface area contributed by atoms with E-state index in [1.54, 1.807) is 4.90 Å². The summed E-state index contributed by atoms with van der Waals surface area (Å²) < 4.78 is 11.3. The summed E-state index contributed by atoms with van der Waals surface area (Å²) >= 11 is 0. The van der Waals surface area contributed by atoms with Crippen molar-refractivity contribution in [1.29, 1.82) is 0 Å². The minimum absolute atomic E-state index is 0.152. The molecule has 2 N–H and O–H groups in total. The summed E-state index contributed by atoms with van der Waals surface area (Å²) in [7, 11) is 0. The minimum Gasteiger partial charge on any atom is -0.483 e. The standard InChI is InChI=1S/C21H29N5O4/c1-13-18(27)24-23-17-11-29-16-7-6-14(10-15(16)26(13)17)22-21(5)8-9-25(12-21)19(28)30-20(2,3)4/h6-7,10,13,22H,8-9,11-12H2,1-5H3,(H,24,27)/t13?,21-/m0/s1. The van der Waals surface area contributed by atoms with Gasteiger partial charge in [-0.3, -0.25) is 4.79 Å². The van der Waals surface area contributed by atoms with Crippen molar-refractivity contribution in [2.24, 2.45) is 5.10 Å². The van der Waals surface area contributed by atoms with E-state index in [0.717, 1.165) is 17.8 Å². The molecule has 162 valence electrons. The predicted molar refractivity (Wildman–Crippen MR) is 114 cm³/mol. The fourth-order valence-corrected chi connectivity index (χ4v) is 4.00. The molecule has 0 spiro atoms. The number of carbonyl (C=O) groups is 2. The first-order valence-corrected chi connectivity index (χ1v) is 10.2. The number of anilines is 2. The molecule has 1 saturated heterocycles. The van der Waals surface area contributed by atoms with Crippen LogP contribution in [-0.2, 0) is 9.53 Å². The van der Waals surface area contributed by atoms with Gasteiger partial charge in [0.15, 0.2) is 5.84 Å². The van der Waals surface area contributed by atoms with Gasteiger partial charge in [0.1, 0.15) is 24.0 Å². The number of carbonyl (C=O) groups excluding carboxylic acids is 2. The molecule has 30 heavy (non-hydrogen) atoms. The highest BCUT2D eigenvalue weighted by atomic mass is 16.6. The van der Waals surface area contributed by atoms with Gasteiger partial charge < -0.3 is 24.6 Å². The number of likely N-dealkylation sites (tertiary alicyclic amines) is 1. The van der Waals surface area contributed by atoms with Crippen LogP contribution in [0.5, 0.6) is 5.75 Å². The number of nitrogens with zero attached hydrogens (tertiary/aromatic N) is 3. The second-order valence-electron chi connectivity index (χ2n) is 9.36. The maximum Gasteiger partial charge on any atom is 0.410 e. The smallest absolute Gasteiger partial charge is 0.410 e. The van der Waals surface area contributed by atoms with Crippen LogP contribution in [-0.4, -0.2) is 59.6 Å². The number of fused-ring (bicyclic) bond motifs is 3. The highest BCUT2D eigenvalue weighted by Gasteiger charge is 2.39. The fraction of sp³-hybridized carbons (Fsp3) is 0.571. The second-order valence-corrected chi connectivity index (χ2v) is 9.36. The molecule has 0 bridgehead atoms. The summed E-state index contributed by atoms with van der Waals surface area (Å²) in [5, 5.41) is 7.69. The number of amidine groups is 1. The van der Waals surface area contributed by atoms with Crippen molar-refractivity contribution in [1.82, 2.24) is 10.3 Å². The van der Waals surface area contributed by atoms with E-state index in [1.807, 2.05) is 50.8 Å². The lowest BCUT2D eigenvalue weighted by Crippen LogP contribution is -2.55. The average Bonchev–Trinajstić information content (AvgIpc) is 3.05. The molecule has 3 aliphatic heterocycles. The first-order chi connectivity index (χ1) is 14.0. The van der Waals surface area contributed by atoms with Crippen LogP contribution < -0.4 is 20.4 Å². The molecule has 9 heteroatoms.